The minimum absolute atomic E-state index is 0.158. The van der Waals surface area contributed by atoms with Gasteiger partial charge in [0.25, 0.3) is 0 Å². The van der Waals surface area contributed by atoms with Crippen LogP contribution < -0.4 is 0 Å². The second kappa shape index (κ2) is 4.96. The summed E-state index contributed by atoms with van der Waals surface area (Å²) in [5.41, 5.74) is 0.607. The molecule has 1 fully saturated rings. The van der Waals surface area contributed by atoms with Gasteiger partial charge >= 0.3 is 0 Å². The fraction of sp³-hybridized carbons (Fsp3) is 0.462. The molecule has 1 saturated carbocycles. The number of halogens is 2. The molecule has 0 bridgehead atoms. The Morgan fingerprint density at radius 2 is 2.19 bits per heavy atom. The topological polar surface area (TPSA) is 17.1 Å². The summed E-state index contributed by atoms with van der Waals surface area (Å²) in [5, 5.41) is 0.158. The summed E-state index contributed by atoms with van der Waals surface area (Å²) in [6.45, 7) is 0. The molecule has 1 aliphatic carbocycles. The van der Waals surface area contributed by atoms with E-state index in [0.717, 1.165) is 12.8 Å². The zero-order valence-corrected chi connectivity index (χ0v) is 9.77. The van der Waals surface area contributed by atoms with Crippen LogP contribution in [0.2, 0.25) is 5.02 Å². The van der Waals surface area contributed by atoms with Crippen molar-refractivity contribution in [2.45, 2.75) is 32.1 Å². The van der Waals surface area contributed by atoms with Crippen LogP contribution in [0.15, 0.2) is 18.2 Å². The molecule has 3 heteroatoms. The Morgan fingerprint density at radius 3 is 2.88 bits per heavy atom. The number of rotatable bonds is 5. The molecule has 0 atom stereocenters. The molecule has 0 aliphatic heterocycles. The number of hydrogen-bond donors (Lipinski definition) is 0. The predicted octanol–water partition coefficient (Wildman–Crippen LogP) is 3.78. The van der Waals surface area contributed by atoms with E-state index in [-0.39, 0.29) is 10.8 Å². The second-order valence-corrected chi connectivity index (χ2v) is 4.71. The van der Waals surface area contributed by atoms with Crippen molar-refractivity contribution in [2.24, 2.45) is 5.92 Å². The van der Waals surface area contributed by atoms with Gasteiger partial charge in [0.2, 0.25) is 0 Å². The van der Waals surface area contributed by atoms with Gasteiger partial charge in [0.15, 0.2) is 0 Å². The smallest absolute Gasteiger partial charge is 0.144 e. The Bertz CT molecular complexity index is 399. The maximum Gasteiger partial charge on any atom is 0.144 e. The van der Waals surface area contributed by atoms with Crippen molar-refractivity contribution < 1.29 is 9.18 Å². The summed E-state index contributed by atoms with van der Waals surface area (Å²) in [5.74, 6) is 0.301. The zero-order valence-electron chi connectivity index (χ0n) is 9.01. The first-order valence-corrected chi connectivity index (χ1v) is 6.02. The number of hydrogen-bond acceptors (Lipinski definition) is 1. The third-order valence-corrected chi connectivity index (χ3v) is 3.23. The molecule has 86 valence electrons. The maximum absolute atomic E-state index is 13.5. The third kappa shape index (κ3) is 2.82. The van der Waals surface area contributed by atoms with Gasteiger partial charge in [-0.3, -0.25) is 4.79 Å². The van der Waals surface area contributed by atoms with Crippen molar-refractivity contribution in [2.75, 3.05) is 0 Å². The highest BCUT2D eigenvalue weighted by atomic mass is 35.5. The van der Waals surface area contributed by atoms with E-state index in [1.165, 1.54) is 6.07 Å². The molecule has 0 aromatic heterocycles. The standard InChI is InChI=1S/C13H14ClFO/c14-11-5-1-3-10(13(11)15)4-2-6-12(16)9-7-8-9/h1,3,5,9H,2,4,6-8H2. The summed E-state index contributed by atoms with van der Waals surface area (Å²) < 4.78 is 13.5. The Balaban J connectivity index is 1.84. The molecule has 0 heterocycles. The van der Waals surface area contributed by atoms with Crippen molar-refractivity contribution in [3.63, 3.8) is 0 Å². The lowest BCUT2D eigenvalue weighted by Crippen LogP contribution is -2.01. The molecule has 0 N–H and O–H groups in total. The highest BCUT2D eigenvalue weighted by Crippen LogP contribution is 2.31. The highest BCUT2D eigenvalue weighted by Gasteiger charge is 2.28. The molecule has 1 aliphatic rings. The number of benzene rings is 1. The molecule has 16 heavy (non-hydrogen) atoms. The molecule has 1 aromatic carbocycles. The Morgan fingerprint density at radius 1 is 1.44 bits per heavy atom. The molecular weight excluding hydrogens is 227 g/mol. The van der Waals surface area contributed by atoms with Crippen LogP contribution in [-0.2, 0) is 11.2 Å². The fourth-order valence-electron chi connectivity index (χ4n) is 1.80. The Hall–Kier alpha value is -0.890. The minimum Gasteiger partial charge on any atom is -0.299 e. The molecule has 0 spiro atoms. The Labute approximate surface area is 99.6 Å². The molecule has 1 nitrogen and oxygen atoms in total. The van der Waals surface area contributed by atoms with Gasteiger partial charge in [0.1, 0.15) is 11.6 Å². The third-order valence-electron chi connectivity index (χ3n) is 2.93. The lowest BCUT2D eigenvalue weighted by molar-refractivity contribution is -0.120. The van der Waals surface area contributed by atoms with E-state index < -0.39 is 0 Å². The maximum atomic E-state index is 13.5. The van der Waals surface area contributed by atoms with Gasteiger partial charge in [0, 0.05) is 12.3 Å². The number of ketones is 1. The summed E-state index contributed by atoms with van der Waals surface area (Å²) in [6, 6.07) is 5.00. The molecule has 0 saturated heterocycles. The first-order valence-electron chi connectivity index (χ1n) is 5.64. The van der Waals surface area contributed by atoms with Gasteiger partial charge in [-0.05, 0) is 37.3 Å². The molecule has 0 radical (unpaired) electrons. The van der Waals surface area contributed by atoms with Crippen LogP contribution in [-0.4, -0.2) is 5.78 Å². The minimum atomic E-state index is -0.344. The SMILES string of the molecule is O=C(CCCc1cccc(Cl)c1F)C1CC1. The van der Waals surface area contributed by atoms with Gasteiger partial charge in [0.05, 0.1) is 5.02 Å². The van der Waals surface area contributed by atoms with Gasteiger partial charge in [-0.1, -0.05) is 23.7 Å². The second-order valence-electron chi connectivity index (χ2n) is 4.31. The van der Waals surface area contributed by atoms with Gasteiger partial charge < -0.3 is 0 Å². The number of carbonyl (C=O) groups is 1. The number of Topliss-reactive ketones (excluding diaryl/α,β-unsaturated/α-hetero) is 1. The summed E-state index contributed by atoms with van der Waals surface area (Å²) >= 11 is 5.67. The van der Waals surface area contributed by atoms with Gasteiger partial charge in [-0.15, -0.1) is 0 Å². The van der Waals surface area contributed by atoms with E-state index in [1.54, 1.807) is 12.1 Å². The van der Waals surface area contributed by atoms with Crippen LogP contribution in [0, 0.1) is 11.7 Å². The monoisotopic (exact) mass is 240 g/mol. The normalized spacial score (nSPS) is 15.1. The summed E-state index contributed by atoms with van der Waals surface area (Å²) in [4.78, 5) is 11.4. The largest absolute Gasteiger partial charge is 0.299 e. The van der Waals surface area contributed by atoms with Crippen molar-refractivity contribution >= 4 is 17.4 Å². The van der Waals surface area contributed by atoms with Crippen LogP contribution >= 0.6 is 11.6 Å². The van der Waals surface area contributed by atoms with E-state index in [0.29, 0.717) is 36.5 Å². The number of aryl methyl sites for hydroxylation is 1. The predicted molar refractivity (Wildman–Crippen MR) is 62.1 cm³/mol. The average Bonchev–Trinajstić information content (AvgIpc) is 3.07. The fourth-order valence-corrected chi connectivity index (χ4v) is 2.00. The molecule has 1 aromatic rings. The van der Waals surface area contributed by atoms with Crippen molar-refractivity contribution in [3.8, 4) is 0 Å². The Kier molecular flexibility index (Phi) is 3.59. The highest BCUT2D eigenvalue weighted by molar-refractivity contribution is 6.30. The molecule has 2 rings (SSSR count). The van der Waals surface area contributed by atoms with E-state index in [1.807, 2.05) is 0 Å². The zero-order chi connectivity index (χ0) is 11.5. The van der Waals surface area contributed by atoms with Crippen molar-refractivity contribution in [3.05, 3.63) is 34.6 Å². The van der Waals surface area contributed by atoms with Crippen LogP contribution in [0.25, 0.3) is 0 Å². The quantitative estimate of drug-likeness (QED) is 0.766. The molecular formula is C13H14ClFO. The van der Waals surface area contributed by atoms with Crippen molar-refractivity contribution in [1.29, 1.82) is 0 Å². The molecule has 0 amide bonds. The van der Waals surface area contributed by atoms with Crippen LogP contribution in [0.4, 0.5) is 4.39 Å². The molecule has 0 unspecified atom stereocenters. The first-order chi connectivity index (χ1) is 7.68. The van der Waals surface area contributed by atoms with E-state index in [4.69, 9.17) is 11.6 Å². The van der Waals surface area contributed by atoms with E-state index >= 15 is 0 Å². The van der Waals surface area contributed by atoms with E-state index in [2.05, 4.69) is 0 Å². The summed E-state index contributed by atoms with van der Waals surface area (Å²) in [6.07, 6.45) is 3.96. The van der Waals surface area contributed by atoms with Crippen LogP contribution in [0.3, 0.4) is 0 Å². The van der Waals surface area contributed by atoms with Crippen molar-refractivity contribution in [1.82, 2.24) is 0 Å². The average molecular weight is 241 g/mol. The van der Waals surface area contributed by atoms with Gasteiger partial charge in [-0.25, -0.2) is 4.39 Å². The van der Waals surface area contributed by atoms with E-state index in [9.17, 15) is 9.18 Å². The van der Waals surface area contributed by atoms with Crippen LogP contribution in [0.1, 0.15) is 31.2 Å². The van der Waals surface area contributed by atoms with Crippen LogP contribution in [0.5, 0.6) is 0 Å². The number of carbonyl (C=O) groups excluding carboxylic acids is 1. The van der Waals surface area contributed by atoms with Gasteiger partial charge in [-0.2, -0.15) is 0 Å². The summed E-state index contributed by atoms with van der Waals surface area (Å²) in [7, 11) is 0. The lowest BCUT2D eigenvalue weighted by Gasteiger charge is -2.03. The lowest BCUT2D eigenvalue weighted by atomic mass is 10.0. The first kappa shape index (κ1) is 11.6.